The standard InChI is InChI=1S/C69H51N3/c1-68(2)64-25-15-14-23-58(64)62-41-54(30-31-65(62)68)72(52-28-26-44-16-8-9-17-46(44)34-52)56-36-49(35-55(40-56)71(51-20-6-5-7-21-51)53-29-27-45-32-33-70-43-50(45)37-53)60-42-63-61-38-47-18-10-11-19-48(47)39-66(61)69(3,4)67(63)59-24-13-12-22-57(59)60/h5-43H,1-4H3. The van der Waals surface area contributed by atoms with Gasteiger partial charge in [0.2, 0.25) is 0 Å². The molecule has 14 rings (SSSR count). The molecule has 1 heterocycles. The van der Waals surface area contributed by atoms with E-state index >= 15 is 0 Å². The van der Waals surface area contributed by atoms with E-state index in [0.29, 0.717) is 0 Å². The maximum absolute atomic E-state index is 4.56. The zero-order valence-electron chi connectivity index (χ0n) is 40.9. The van der Waals surface area contributed by atoms with Crippen molar-refractivity contribution >= 4 is 77.2 Å². The summed E-state index contributed by atoms with van der Waals surface area (Å²) in [6, 6.07) is 83.9. The molecule has 72 heavy (non-hydrogen) atoms. The molecule has 0 bridgehead atoms. The molecular weight excluding hydrogens is 871 g/mol. The highest BCUT2D eigenvalue weighted by Gasteiger charge is 2.39. The van der Waals surface area contributed by atoms with Crippen LogP contribution in [-0.4, -0.2) is 4.98 Å². The van der Waals surface area contributed by atoms with E-state index in [1.807, 2.05) is 12.4 Å². The van der Waals surface area contributed by atoms with Crippen LogP contribution in [0.2, 0.25) is 0 Å². The lowest BCUT2D eigenvalue weighted by atomic mass is 9.79. The summed E-state index contributed by atoms with van der Waals surface area (Å²) in [5.74, 6) is 0. The third-order valence-electron chi connectivity index (χ3n) is 16.0. The molecule has 1 aromatic heterocycles. The normalized spacial score (nSPS) is 13.8. The average molecular weight is 922 g/mol. The first-order valence-corrected chi connectivity index (χ1v) is 25.2. The molecule has 0 amide bonds. The predicted molar refractivity (Wildman–Crippen MR) is 304 cm³/mol. The van der Waals surface area contributed by atoms with Crippen molar-refractivity contribution in [2.45, 2.75) is 38.5 Å². The molecule has 0 radical (unpaired) electrons. The molecule has 0 unspecified atom stereocenters. The molecule has 2 aliphatic carbocycles. The van der Waals surface area contributed by atoms with Gasteiger partial charge in [0.05, 0.1) is 0 Å². The lowest BCUT2D eigenvalue weighted by Crippen LogP contribution is -2.16. The van der Waals surface area contributed by atoms with Crippen LogP contribution in [0.25, 0.3) is 76.5 Å². The van der Waals surface area contributed by atoms with Crippen LogP contribution >= 0.6 is 0 Å². The first-order valence-electron chi connectivity index (χ1n) is 25.2. The van der Waals surface area contributed by atoms with Gasteiger partial charge in [-0.3, -0.25) is 4.98 Å². The molecule has 3 nitrogen and oxygen atoms in total. The van der Waals surface area contributed by atoms with E-state index in [1.165, 1.54) is 82.4 Å². The van der Waals surface area contributed by atoms with Crippen molar-refractivity contribution in [3.63, 3.8) is 0 Å². The quantitative estimate of drug-likeness (QED) is 0.159. The zero-order chi connectivity index (χ0) is 48.3. The van der Waals surface area contributed by atoms with Crippen LogP contribution in [0, 0.1) is 0 Å². The van der Waals surface area contributed by atoms with Gasteiger partial charge in [-0.15, -0.1) is 0 Å². The molecule has 342 valence electrons. The van der Waals surface area contributed by atoms with Gasteiger partial charge < -0.3 is 9.80 Å². The first-order chi connectivity index (χ1) is 35.2. The predicted octanol–water partition coefficient (Wildman–Crippen LogP) is 18.9. The molecule has 2 aliphatic rings. The van der Waals surface area contributed by atoms with Gasteiger partial charge in [-0.1, -0.05) is 161 Å². The Balaban J connectivity index is 1.08. The van der Waals surface area contributed by atoms with Gasteiger partial charge in [-0.2, -0.15) is 0 Å². The number of benzene rings is 11. The number of para-hydroxylation sites is 1. The summed E-state index contributed by atoms with van der Waals surface area (Å²) in [5, 5.41) is 9.70. The number of hydrogen-bond donors (Lipinski definition) is 0. The number of hydrogen-bond acceptors (Lipinski definition) is 3. The molecule has 11 aromatic carbocycles. The number of fused-ring (bicyclic) bond motifs is 11. The molecule has 0 atom stereocenters. The Hall–Kier alpha value is -8.79. The lowest BCUT2D eigenvalue weighted by molar-refractivity contribution is 0.660. The number of aromatic nitrogens is 1. The summed E-state index contributed by atoms with van der Waals surface area (Å²) in [6.07, 6.45) is 3.84. The van der Waals surface area contributed by atoms with Crippen LogP contribution < -0.4 is 9.80 Å². The summed E-state index contributed by atoms with van der Waals surface area (Å²) in [6.45, 7) is 9.54. The summed E-state index contributed by atoms with van der Waals surface area (Å²) < 4.78 is 0. The fourth-order valence-corrected chi connectivity index (χ4v) is 12.5. The number of pyridine rings is 1. The third kappa shape index (κ3) is 6.47. The average Bonchev–Trinajstić information content (AvgIpc) is 3.78. The molecule has 0 N–H and O–H groups in total. The van der Waals surface area contributed by atoms with E-state index in [-0.39, 0.29) is 10.8 Å². The van der Waals surface area contributed by atoms with Gasteiger partial charge in [0.1, 0.15) is 0 Å². The van der Waals surface area contributed by atoms with Crippen molar-refractivity contribution in [3.8, 4) is 33.4 Å². The second-order valence-corrected chi connectivity index (χ2v) is 20.8. The minimum Gasteiger partial charge on any atom is -0.310 e. The van der Waals surface area contributed by atoms with Crippen molar-refractivity contribution in [2.24, 2.45) is 0 Å². The third-order valence-corrected chi connectivity index (χ3v) is 16.0. The van der Waals surface area contributed by atoms with Crippen LogP contribution in [-0.2, 0) is 10.8 Å². The van der Waals surface area contributed by atoms with Gasteiger partial charge in [0, 0.05) is 62.7 Å². The van der Waals surface area contributed by atoms with Crippen molar-refractivity contribution < 1.29 is 0 Å². The van der Waals surface area contributed by atoms with Crippen molar-refractivity contribution in [1.82, 2.24) is 4.98 Å². The highest BCUT2D eigenvalue weighted by molar-refractivity contribution is 6.08. The Bertz CT molecular complexity index is 4180. The Morgan fingerprint density at radius 3 is 1.62 bits per heavy atom. The van der Waals surface area contributed by atoms with E-state index < -0.39 is 0 Å². The number of anilines is 6. The van der Waals surface area contributed by atoms with Gasteiger partial charge in [0.15, 0.2) is 0 Å². The smallest absolute Gasteiger partial charge is 0.0488 e. The van der Waals surface area contributed by atoms with E-state index in [4.69, 9.17) is 0 Å². The maximum Gasteiger partial charge on any atom is 0.0488 e. The van der Waals surface area contributed by atoms with Crippen LogP contribution in [0.4, 0.5) is 34.1 Å². The molecule has 0 saturated carbocycles. The molecule has 3 heteroatoms. The van der Waals surface area contributed by atoms with Gasteiger partial charge in [-0.05, 0) is 184 Å². The van der Waals surface area contributed by atoms with Crippen LogP contribution in [0.15, 0.2) is 237 Å². The van der Waals surface area contributed by atoms with Crippen LogP contribution in [0.1, 0.15) is 49.9 Å². The van der Waals surface area contributed by atoms with E-state index in [1.54, 1.807) is 0 Å². The van der Waals surface area contributed by atoms with Gasteiger partial charge >= 0.3 is 0 Å². The summed E-state index contributed by atoms with van der Waals surface area (Å²) in [5.41, 5.74) is 19.1. The highest BCUT2D eigenvalue weighted by Crippen LogP contribution is 2.56. The SMILES string of the molecule is CC1(C)c2ccccc2-c2cc(N(c3cc(-c4cc5c(c6ccccc46)C(C)(C)c4cc6ccccc6cc4-5)cc(N(c4ccccc4)c4ccc5ccncc5c4)c3)c3ccc4ccccc4c3)ccc21. The number of rotatable bonds is 7. The minimum atomic E-state index is -0.206. The first kappa shape index (κ1) is 42.1. The van der Waals surface area contributed by atoms with Crippen molar-refractivity contribution in [2.75, 3.05) is 9.80 Å². The molecule has 0 spiro atoms. The molecule has 0 saturated heterocycles. The van der Waals surface area contributed by atoms with Gasteiger partial charge in [-0.25, -0.2) is 0 Å². The molecule has 0 fully saturated rings. The lowest BCUT2D eigenvalue weighted by Gasteiger charge is -2.31. The summed E-state index contributed by atoms with van der Waals surface area (Å²) in [4.78, 5) is 9.47. The Kier molecular flexibility index (Phi) is 9.28. The Morgan fingerprint density at radius 1 is 0.306 bits per heavy atom. The second kappa shape index (κ2) is 15.9. The number of nitrogens with zero attached hydrogens (tertiary/aromatic N) is 3. The highest BCUT2D eigenvalue weighted by atomic mass is 15.2. The molecule has 12 aromatic rings. The Labute approximate surface area is 420 Å². The second-order valence-electron chi connectivity index (χ2n) is 20.8. The largest absolute Gasteiger partial charge is 0.310 e. The Morgan fingerprint density at radius 2 is 0.861 bits per heavy atom. The van der Waals surface area contributed by atoms with Crippen LogP contribution in [0.3, 0.4) is 0 Å². The van der Waals surface area contributed by atoms with E-state index in [0.717, 1.165) is 50.5 Å². The molecular formula is C69H51N3. The zero-order valence-corrected chi connectivity index (χ0v) is 40.9. The fourth-order valence-electron chi connectivity index (χ4n) is 12.5. The topological polar surface area (TPSA) is 19.4 Å². The van der Waals surface area contributed by atoms with Gasteiger partial charge in [0.25, 0.3) is 0 Å². The van der Waals surface area contributed by atoms with E-state index in [9.17, 15) is 0 Å². The minimum absolute atomic E-state index is 0.120. The summed E-state index contributed by atoms with van der Waals surface area (Å²) >= 11 is 0. The molecule has 0 aliphatic heterocycles. The van der Waals surface area contributed by atoms with E-state index in [2.05, 4.69) is 267 Å². The van der Waals surface area contributed by atoms with Crippen molar-refractivity contribution in [3.05, 3.63) is 259 Å². The monoisotopic (exact) mass is 921 g/mol. The van der Waals surface area contributed by atoms with Crippen LogP contribution in [0.5, 0.6) is 0 Å². The maximum atomic E-state index is 4.56. The summed E-state index contributed by atoms with van der Waals surface area (Å²) in [7, 11) is 0. The van der Waals surface area contributed by atoms with Crippen molar-refractivity contribution in [1.29, 1.82) is 0 Å². The fraction of sp³-hybridized carbons (Fsp3) is 0.0870.